The van der Waals surface area contributed by atoms with Gasteiger partial charge < -0.3 is 14.6 Å². The normalized spacial score (nSPS) is 11.1. The van der Waals surface area contributed by atoms with Crippen LogP contribution in [0.3, 0.4) is 0 Å². The molecule has 0 amide bonds. The Labute approximate surface area is 127 Å². The van der Waals surface area contributed by atoms with Crippen LogP contribution in [0.25, 0.3) is 0 Å². The summed E-state index contributed by atoms with van der Waals surface area (Å²) in [7, 11) is -2.67. The number of carboxylic acid groups (broad SMARTS) is 1. The molecule has 0 saturated heterocycles. The van der Waals surface area contributed by atoms with Crippen molar-refractivity contribution in [3.8, 4) is 5.75 Å². The van der Waals surface area contributed by atoms with Gasteiger partial charge in [0.1, 0.15) is 10.6 Å². The summed E-state index contributed by atoms with van der Waals surface area (Å²) in [6.07, 6.45) is 1.54. The van der Waals surface area contributed by atoms with Gasteiger partial charge in [0.25, 0.3) is 0 Å². The van der Waals surface area contributed by atoms with E-state index < -0.39 is 16.0 Å². The number of carbonyl (C=O) groups excluding carboxylic acids is 1. The summed E-state index contributed by atoms with van der Waals surface area (Å²) in [4.78, 5) is 14.6. The number of carbonyl (C=O) groups is 1. The van der Waals surface area contributed by atoms with Gasteiger partial charge in [-0.2, -0.15) is 0 Å². The second kappa shape index (κ2) is 6.54. The van der Waals surface area contributed by atoms with Crippen molar-refractivity contribution in [2.45, 2.75) is 11.4 Å². The van der Waals surface area contributed by atoms with Gasteiger partial charge in [0.05, 0.1) is 25.3 Å². The number of aromatic nitrogens is 1. The number of benzene rings is 1. The Morgan fingerprint density at radius 3 is 2.68 bits per heavy atom. The van der Waals surface area contributed by atoms with Crippen molar-refractivity contribution < 1.29 is 23.1 Å². The average Bonchev–Trinajstić information content (AvgIpc) is 2.53. The quantitative estimate of drug-likeness (QED) is 0.798. The van der Waals surface area contributed by atoms with E-state index in [4.69, 9.17) is 4.74 Å². The van der Waals surface area contributed by atoms with E-state index >= 15 is 0 Å². The van der Waals surface area contributed by atoms with Crippen LogP contribution in [0.15, 0.2) is 47.5 Å². The first-order valence-electron chi connectivity index (χ1n) is 6.23. The molecule has 0 spiro atoms. The maximum Gasteiger partial charge on any atom is 0.244 e. The molecule has 0 bridgehead atoms. The lowest BCUT2D eigenvalue weighted by Crippen LogP contribution is -2.26. The predicted octanol–water partition coefficient (Wildman–Crippen LogP) is -0.0678. The van der Waals surface area contributed by atoms with Crippen LogP contribution >= 0.6 is 0 Å². The van der Waals surface area contributed by atoms with Gasteiger partial charge in [0, 0.05) is 6.20 Å². The van der Waals surface area contributed by atoms with Gasteiger partial charge in [0.2, 0.25) is 10.0 Å². The minimum absolute atomic E-state index is 0.0259. The molecule has 1 N–H and O–H groups in total. The zero-order valence-corrected chi connectivity index (χ0v) is 12.5. The fraction of sp³-hybridized carbons (Fsp3) is 0.143. The molecule has 1 aromatic carbocycles. The Morgan fingerprint density at radius 1 is 1.32 bits per heavy atom. The van der Waals surface area contributed by atoms with Crippen molar-refractivity contribution in [3.63, 3.8) is 0 Å². The SMILES string of the molecule is COc1ccc(C(=O)[O-])cc1S(=O)(=O)NCc1ccccn1. The Bertz CT molecular complexity index is 775. The summed E-state index contributed by atoms with van der Waals surface area (Å²) in [6.45, 7) is -0.0259. The number of methoxy groups -OCH3 is 1. The number of carboxylic acids is 1. The largest absolute Gasteiger partial charge is 0.545 e. The highest BCUT2D eigenvalue weighted by atomic mass is 32.2. The lowest BCUT2D eigenvalue weighted by Gasteiger charge is -2.12. The van der Waals surface area contributed by atoms with Crippen molar-refractivity contribution in [2.75, 3.05) is 7.11 Å². The first-order chi connectivity index (χ1) is 10.4. The summed E-state index contributed by atoms with van der Waals surface area (Å²) >= 11 is 0. The van der Waals surface area contributed by atoms with Gasteiger partial charge >= 0.3 is 0 Å². The molecular weight excluding hydrogens is 308 g/mol. The number of hydrogen-bond donors (Lipinski definition) is 1. The van der Waals surface area contributed by atoms with Gasteiger partial charge in [-0.1, -0.05) is 6.07 Å². The Balaban J connectivity index is 2.31. The molecule has 0 unspecified atom stereocenters. The van der Waals surface area contributed by atoms with E-state index in [1.54, 1.807) is 24.4 Å². The second-order valence-corrected chi connectivity index (χ2v) is 6.03. The fourth-order valence-corrected chi connectivity index (χ4v) is 2.95. The smallest absolute Gasteiger partial charge is 0.244 e. The average molecular weight is 321 g/mol. The summed E-state index contributed by atoms with van der Waals surface area (Å²) in [5.74, 6) is -1.43. The second-order valence-electron chi connectivity index (χ2n) is 4.30. The number of rotatable bonds is 6. The molecule has 0 atom stereocenters. The van der Waals surface area contributed by atoms with Crippen molar-refractivity contribution in [1.29, 1.82) is 0 Å². The number of pyridine rings is 1. The third kappa shape index (κ3) is 3.60. The van der Waals surface area contributed by atoms with Crippen LogP contribution in [0.4, 0.5) is 0 Å². The number of sulfonamides is 1. The molecule has 2 aromatic rings. The van der Waals surface area contributed by atoms with E-state index in [1.165, 1.54) is 19.2 Å². The van der Waals surface area contributed by atoms with E-state index in [9.17, 15) is 18.3 Å². The highest BCUT2D eigenvalue weighted by Gasteiger charge is 2.20. The van der Waals surface area contributed by atoms with Gasteiger partial charge in [-0.3, -0.25) is 4.98 Å². The monoisotopic (exact) mass is 321 g/mol. The molecule has 1 heterocycles. The minimum atomic E-state index is -3.96. The maximum absolute atomic E-state index is 12.3. The standard InChI is InChI=1S/C14H14N2O5S/c1-21-12-6-5-10(14(17)18)8-13(12)22(19,20)16-9-11-4-2-3-7-15-11/h2-8,16H,9H2,1H3,(H,17,18)/p-1. The summed E-state index contributed by atoms with van der Waals surface area (Å²) in [6, 6.07) is 8.58. The Kier molecular flexibility index (Phi) is 4.74. The van der Waals surface area contributed by atoms with E-state index in [2.05, 4.69) is 9.71 Å². The highest BCUT2D eigenvalue weighted by molar-refractivity contribution is 7.89. The van der Waals surface area contributed by atoms with E-state index in [0.717, 1.165) is 6.07 Å². The highest BCUT2D eigenvalue weighted by Crippen LogP contribution is 2.24. The molecule has 0 radical (unpaired) electrons. The summed E-state index contributed by atoms with van der Waals surface area (Å²) in [5, 5.41) is 10.9. The van der Waals surface area contributed by atoms with Gasteiger partial charge in [-0.05, 0) is 35.9 Å². The molecule has 0 aliphatic heterocycles. The predicted molar refractivity (Wildman–Crippen MR) is 75.6 cm³/mol. The van der Waals surface area contributed by atoms with Crippen LogP contribution in [0.5, 0.6) is 5.75 Å². The van der Waals surface area contributed by atoms with E-state index in [1.807, 2.05) is 0 Å². The van der Waals surface area contributed by atoms with Crippen molar-refractivity contribution in [1.82, 2.24) is 9.71 Å². The molecule has 2 rings (SSSR count). The number of hydrogen-bond acceptors (Lipinski definition) is 6. The van der Waals surface area contributed by atoms with Crippen LogP contribution in [0.1, 0.15) is 16.1 Å². The molecule has 22 heavy (non-hydrogen) atoms. The molecule has 0 saturated carbocycles. The minimum Gasteiger partial charge on any atom is -0.545 e. The Morgan fingerprint density at radius 2 is 2.09 bits per heavy atom. The first-order valence-corrected chi connectivity index (χ1v) is 7.71. The third-order valence-corrected chi connectivity index (χ3v) is 4.28. The third-order valence-electron chi connectivity index (χ3n) is 2.86. The molecule has 0 aliphatic carbocycles. The van der Waals surface area contributed by atoms with Crippen molar-refractivity contribution in [3.05, 3.63) is 53.9 Å². The number of aromatic carboxylic acids is 1. The van der Waals surface area contributed by atoms with Crippen molar-refractivity contribution in [2.24, 2.45) is 0 Å². The molecular formula is C14H13N2O5S-. The topological polar surface area (TPSA) is 108 Å². The lowest BCUT2D eigenvalue weighted by molar-refractivity contribution is -0.255. The zero-order chi connectivity index (χ0) is 16.2. The summed E-state index contributed by atoms with van der Waals surface area (Å²) in [5.41, 5.74) is 0.278. The Hall–Kier alpha value is -2.45. The van der Waals surface area contributed by atoms with Gasteiger partial charge in [-0.25, -0.2) is 13.1 Å². The first kappa shape index (κ1) is 15.9. The molecule has 0 aliphatic rings. The van der Waals surface area contributed by atoms with E-state index in [-0.39, 0.29) is 22.8 Å². The van der Waals surface area contributed by atoms with Crippen LogP contribution < -0.4 is 14.6 Å². The van der Waals surface area contributed by atoms with Crippen LogP contribution in [0, 0.1) is 0 Å². The lowest BCUT2D eigenvalue weighted by atomic mass is 10.2. The zero-order valence-electron chi connectivity index (χ0n) is 11.6. The molecule has 8 heteroatoms. The van der Waals surface area contributed by atoms with Gasteiger partial charge in [-0.15, -0.1) is 0 Å². The van der Waals surface area contributed by atoms with Crippen molar-refractivity contribution >= 4 is 16.0 Å². The van der Waals surface area contributed by atoms with Crippen LogP contribution in [0.2, 0.25) is 0 Å². The van der Waals surface area contributed by atoms with E-state index in [0.29, 0.717) is 5.69 Å². The molecule has 0 fully saturated rings. The van der Waals surface area contributed by atoms with Crippen LogP contribution in [-0.4, -0.2) is 26.5 Å². The molecule has 116 valence electrons. The maximum atomic E-state index is 12.3. The number of nitrogens with one attached hydrogen (secondary N) is 1. The summed E-state index contributed by atoms with van der Waals surface area (Å²) < 4.78 is 32.0. The fourth-order valence-electron chi connectivity index (χ4n) is 1.76. The van der Waals surface area contributed by atoms with Gasteiger partial charge in [0.15, 0.2) is 0 Å². The van der Waals surface area contributed by atoms with Crippen LogP contribution in [-0.2, 0) is 16.6 Å². The molecule has 1 aromatic heterocycles. The number of ether oxygens (including phenoxy) is 1. The molecule has 7 nitrogen and oxygen atoms in total. The number of nitrogens with zero attached hydrogens (tertiary/aromatic N) is 1.